The van der Waals surface area contributed by atoms with E-state index in [4.69, 9.17) is 5.11 Å². The molecule has 0 amide bonds. The lowest BCUT2D eigenvalue weighted by Crippen LogP contribution is -2.18. The molecule has 0 aromatic rings. The minimum atomic E-state index is -0.809. The third-order valence-electron chi connectivity index (χ3n) is 4.58. The average Bonchev–Trinajstić information content (AvgIpc) is 2.82. The maximum Gasteiger partial charge on any atom is 0.303 e. The number of rotatable bonds is 12. The molecule has 0 unspecified atom stereocenters. The molecule has 0 aromatic carbocycles. The van der Waals surface area contributed by atoms with Gasteiger partial charge in [0.2, 0.25) is 0 Å². The molecule has 3 atom stereocenters. The zero-order chi connectivity index (χ0) is 18.7. The van der Waals surface area contributed by atoms with Gasteiger partial charge in [0.15, 0.2) is 5.78 Å². The first-order valence-electron chi connectivity index (χ1n) is 9.24. The molecule has 0 spiro atoms. The van der Waals surface area contributed by atoms with E-state index >= 15 is 0 Å². The fourth-order valence-corrected chi connectivity index (χ4v) is 3.11. The van der Waals surface area contributed by atoms with Crippen molar-refractivity contribution in [2.45, 2.75) is 70.8 Å². The van der Waals surface area contributed by atoms with E-state index in [0.717, 1.165) is 19.3 Å². The first-order chi connectivity index (χ1) is 12.0. The van der Waals surface area contributed by atoms with Gasteiger partial charge in [-0.2, -0.15) is 0 Å². The molecule has 5 heteroatoms. The Morgan fingerprint density at radius 2 is 1.92 bits per heavy atom. The number of ketones is 2. The third kappa shape index (κ3) is 8.25. The highest BCUT2D eigenvalue weighted by Gasteiger charge is 2.39. The van der Waals surface area contributed by atoms with Crippen molar-refractivity contribution in [1.29, 1.82) is 0 Å². The number of hydrogen-bond acceptors (Lipinski definition) is 4. The van der Waals surface area contributed by atoms with Crippen molar-refractivity contribution >= 4 is 17.5 Å². The quantitative estimate of drug-likeness (QED) is 0.319. The second kappa shape index (κ2) is 11.7. The summed E-state index contributed by atoms with van der Waals surface area (Å²) in [7, 11) is 0. The Balaban J connectivity index is 2.49. The summed E-state index contributed by atoms with van der Waals surface area (Å²) in [5, 5.41) is 18.7. The summed E-state index contributed by atoms with van der Waals surface area (Å²) in [4.78, 5) is 34.4. The van der Waals surface area contributed by atoms with E-state index in [1.807, 2.05) is 12.2 Å². The Bertz CT molecular complexity index is 506. The number of Topliss-reactive ketones (excluding diaryl/α,β-unsaturated/α-hetero) is 1. The van der Waals surface area contributed by atoms with Crippen molar-refractivity contribution in [2.75, 3.05) is 0 Å². The van der Waals surface area contributed by atoms with E-state index in [9.17, 15) is 19.5 Å². The van der Waals surface area contributed by atoms with Gasteiger partial charge in [-0.1, -0.05) is 38.0 Å². The molecule has 1 rings (SSSR count). The van der Waals surface area contributed by atoms with Gasteiger partial charge >= 0.3 is 5.97 Å². The van der Waals surface area contributed by atoms with Gasteiger partial charge in [-0.05, 0) is 31.8 Å². The molecule has 0 bridgehead atoms. The molecule has 25 heavy (non-hydrogen) atoms. The highest BCUT2D eigenvalue weighted by Crippen LogP contribution is 2.33. The van der Waals surface area contributed by atoms with Crippen LogP contribution in [0.15, 0.2) is 24.3 Å². The van der Waals surface area contributed by atoms with E-state index in [-0.39, 0.29) is 36.2 Å². The number of carbonyl (C=O) groups excluding carboxylic acids is 2. The molecule has 1 fully saturated rings. The van der Waals surface area contributed by atoms with Crippen molar-refractivity contribution < 1.29 is 24.6 Å². The van der Waals surface area contributed by atoms with Crippen LogP contribution in [0.25, 0.3) is 0 Å². The van der Waals surface area contributed by atoms with Gasteiger partial charge in [-0.15, -0.1) is 0 Å². The molecule has 0 saturated heterocycles. The second-order valence-electron chi connectivity index (χ2n) is 6.70. The van der Waals surface area contributed by atoms with Crippen molar-refractivity contribution in [3.63, 3.8) is 0 Å². The highest BCUT2D eigenvalue weighted by atomic mass is 16.4. The van der Waals surface area contributed by atoms with Gasteiger partial charge in [0.25, 0.3) is 0 Å². The average molecular weight is 350 g/mol. The maximum atomic E-state index is 12.1. The molecule has 1 aliphatic rings. The minimum Gasteiger partial charge on any atom is -0.481 e. The number of aliphatic hydroxyl groups excluding tert-OH is 1. The molecule has 0 heterocycles. The summed E-state index contributed by atoms with van der Waals surface area (Å²) < 4.78 is 0. The Morgan fingerprint density at radius 3 is 2.60 bits per heavy atom. The lowest BCUT2D eigenvalue weighted by molar-refractivity contribution is -0.137. The van der Waals surface area contributed by atoms with E-state index in [2.05, 4.69) is 6.92 Å². The summed E-state index contributed by atoms with van der Waals surface area (Å²) >= 11 is 0. The van der Waals surface area contributed by atoms with Crippen LogP contribution in [-0.2, 0) is 14.4 Å². The second-order valence-corrected chi connectivity index (χ2v) is 6.70. The van der Waals surface area contributed by atoms with E-state index in [0.29, 0.717) is 25.7 Å². The number of allylic oxidation sites excluding steroid dienone is 3. The van der Waals surface area contributed by atoms with Crippen LogP contribution in [0.5, 0.6) is 0 Å². The number of carboxylic acids is 1. The van der Waals surface area contributed by atoms with Gasteiger partial charge in [-0.25, -0.2) is 0 Å². The molecule has 5 nitrogen and oxygen atoms in total. The number of carboxylic acid groups (broad SMARTS) is 1. The Kier molecular flexibility index (Phi) is 10.0. The predicted molar refractivity (Wildman–Crippen MR) is 96.1 cm³/mol. The van der Waals surface area contributed by atoms with Crippen LogP contribution in [0.4, 0.5) is 0 Å². The Hall–Kier alpha value is -1.75. The SMILES string of the molecule is CCCCCC(=O)/C=C\[C@@H]1[C@H](C/C=C\CCCC(=O)O)C(=O)C[C@@H]1O. The Morgan fingerprint density at radius 1 is 1.16 bits per heavy atom. The van der Waals surface area contributed by atoms with Crippen LogP contribution < -0.4 is 0 Å². The number of hydrogen-bond donors (Lipinski definition) is 2. The first-order valence-corrected chi connectivity index (χ1v) is 9.24. The minimum absolute atomic E-state index is 0.0239. The Labute approximate surface area is 149 Å². The van der Waals surface area contributed by atoms with Crippen molar-refractivity contribution in [2.24, 2.45) is 11.8 Å². The molecular formula is C20H30O5. The molecule has 0 radical (unpaired) electrons. The van der Waals surface area contributed by atoms with Gasteiger partial charge in [0.05, 0.1) is 6.10 Å². The van der Waals surface area contributed by atoms with Gasteiger partial charge in [0, 0.05) is 31.1 Å². The fraction of sp³-hybridized carbons (Fsp3) is 0.650. The largest absolute Gasteiger partial charge is 0.481 e. The number of aliphatic carboxylic acids is 1. The van der Waals surface area contributed by atoms with Crippen LogP contribution in [0.2, 0.25) is 0 Å². The fourth-order valence-electron chi connectivity index (χ4n) is 3.11. The topological polar surface area (TPSA) is 91.7 Å². The third-order valence-corrected chi connectivity index (χ3v) is 4.58. The standard InChI is InChI=1S/C20H30O5/c1-2-3-6-9-15(21)12-13-17-16(18(22)14-19(17)23)10-7-4-5-8-11-20(24)25/h4,7,12-13,16-17,19,23H,2-3,5-6,8-11,14H2,1H3,(H,24,25)/b7-4-,13-12-/t16-,17+,19-/m0/s1. The summed E-state index contributed by atoms with van der Waals surface area (Å²) in [5.41, 5.74) is 0. The zero-order valence-electron chi connectivity index (χ0n) is 15.0. The van der Waals surface area contributed by atoms with Gasteiger partial charge in [-0.3, -0.25) is 14.4 Å². The zero-order valence-corrected chi connectivity index (χ0v) is 15.0. The van der Waals surface area contributed by atoms with Crippen LogP contribution in [-0.4, -0.2) is 33.9 Å². The van der Waals surface area contributed by atoms with E-state index in [1.165, 1.54) is 6.08 Å². The molecule has 0 aromatic heterocycles. The van der Waals surface area contributed by atoms with Crippen molar-refractivity contribution in [1.82, 2.24) is 0 Å². The summed E-state index contributed by atoms with van der Waals surface area (Å²) in [6, 6.07) is 0. The van der Waals surface area contributed by atoms with E-state index in [1.54, 1.807) is 6.08 Å². The highest BCUT2D eigenvalue weighted by molar-refractivity contribution is 5.90. The molecular weight excluding hydrogens is 320 g/mol. The summed E-state index contributed by atoms with van der Waals surface area (Å²) in [6.07, 6.45) is 11.8. The molecule has 140 valence electrons. The van der Waals surface area contributed by atoms with Crippen molar-refractivity contribution in [3.05, 3.63) is 24.3 Å². The van der Waals surface area contributed by atoms with Crippen LogP contribution >= 0.6 is 0 Å². The lowest BCUT2D eigenvalue weighted by atomic mass is 9.90. The normalized spacial score (nSPS) is 23.8. The molecule has 1 saturated carbocycles. The maximum absolute atomic E-state index is 12.1. The van der Waals surface area contributed by atoms with Gasteiger partial charge in [0.1, 0.15) is 5.78 Å². The number of unbranched alkanes of at least 4 members (excludes halogenated alkanes) is 3. The van der Waals surface area contributed by atoms with Crippen LogP contribution in [0, 0.1) is 11.8 Å². The van der Waals surface area contributed by atoms with Gasteiger partial charge < -0.3 is 10.2 Å². The lowest BCUT2D eigenvalue weighted by Gasteiger charge is -2.15. The summed E-state index contributed by atoms with van der Waals surface area (Å²) in [5.74, 6) is -1.35. The predicted octanol–water partition coefficient (Wildman–Crippen LogP) is 3.46. The summed E-state index contributed by atoms with van der Waals surface area (Å²) in [6.45, 7) is 2.08. The molecule has 0 aliphatic heterocycles. The monoisotopic (exact) mass is 350 g/mol. The molecule has 2 N–H and O–H groups in total. The number of aliphatic hydroxyl groups is 1. The van der Waals surface area contributed by atoms with Crippen LogP contribution in [0.1, 0.15) is 64.7 Å². The smallest absolute Gasteiger partial charge is 0.303 e. The van der Waals surface area contributed by atoms with Crippen molar-refractivity contribution in [3.8, 4) is 0 Å². The van der Waals surface area contributed by atoms with E-state index < -0.39 is 12.1 Å². The van der Waals surface area contributed by atoms with Crippen LogP contribution in [0.3, 0.4) is 0 Å². The first kappa shape index (κ1) is 21.3. The molecule has 1 aliphatic carbocycles. The number of carbonyl (C=O) groups is 3.